The van der Waals surface area contributed by atoms with E-state index < -0.39 is 0 Å². The van der Waals surface area contributed by atoms with Crippen molar-refractivity contribution in [3.63, 3.8) is 0 Å². The first-order valence-electron chi connectivity index (χ1n) is 6.49. The third-order valence-electron chi connectivity index (χ3n) is 3.97. The normalized spacial score (nSPS) is 28.1. The van der Waals surface area contributed by atoms with Crippen LogP contribution in [-0.2, 0) is 0 Å². The lowest BCUT2D eigenvalue weighted by molar-refractivity contribution is 0.155. The Bertz CT molecular complexity index is 394. The number of rotatable bonds is 3. The highest BCUT2D eigenvalue weighted by Gasteiger charge is 2.34. The minimum Gasteiger partial charge on any atom is -0.397 e. The third-order valence-corrected chi connectivity index (χ3v) is 4.29. The van der Waals surface area contributed by atoms with Crippen LogP contribution >= 0.6 is 11.6 Å². The van der Waals surface area contributed by atoms with Crippen LogP contribution in [0.3, 0.4) is 0 Å². The number of para-hydroxylation sites is 1. The molecule has 1 saturated carbocycles. The second-order valence-electron chi connectivity index (χ2n) is 5.45. The van der Waals surface area contributed by atoms with E-state index in [9.17, 15) is 5.11 Å². The van der Waals surface area contributed by atoms with Crippen LogP contribution in [0.4, 0.5) is 11.4 Å². The van der Waals surface area contributed by atoms with Gasteiger partial charge in [0.25, 0.3) is 0 Å². The summed E-state index contributed by atoms with van der Waals surface area (Å²) in [5.74, 6) is 0.732. The predicted molar refractivity (Wildman–Crippen MR) is 76.9 cm³/mol. The Labute approximate surface area is 113 Å². The first-order valence-corrected chi connectivity index (χ1v) is 6.87. The van der Waals surface area contributed by atoms with Gasteiger partial charge in [-0.1, -0.05) is 24.6 Å². The van der Waals surface area contributed by atoms with Crippen molar-refractivity contribution in [3.05, 3.63) is 23.2 Å². The van der Waals surface area contributed by atoms with E-state index in [0.717, 1.165) is 37.3 Å². The summed E-state index contributed by atoms with van der Waals surface area (Å²) in [5, 5.41) is 13.7. The largest absolute Gasteiger partial charge is 0.397 e. The maximum atomic E-state index is 9.72. The van der Waals surface area contributed by atoms with Crippen molar-refractivity contribution in [2.24, 2.45) is 5.92 Å². The first-order chi connectivity index (χ1) is 8.56. The van der Waals surface area contributed by atoms with Crippen molar-refractivity contribution >= 4 is 23.0 Å². The molecule has 0 amide bonds. The number of nitrogens with one attached hydrogen (secondary N) is 1. The Morgan fingerprint density at radius 3 is 2.67 bits per heavy atom. The van der Waals surface area contributed by atoms with Crippen molar-refractivity contribution in [3.8, 4) is 0 Å². The molecule has 18 heavy (non-hydrogen) atoms. The summed E-state index contributed by atoms with van der Waals surface area (Å²) in [6.07, 6.45) is 4.15. The molecular formula is C14H21ClN2O. The average molecular weight is 269 g/mol. The van der Waals surface area contributed by atoms with Gasteiger partial charge in [0.2, 0.25) is 0 Å². The quantitative estimate of drug-likeness (QED) is 0.738. The summed E-state index contributed by atoms with van der Waals surface area (Å²) in [6.45, 7) is 2.37. The fourth-order valence-corrected chi connectivity index (χ4v) is 2.80. The van der Waals surface area contributed by atoms with Crippen LogP contribution in [0.15, 0.2) is 18.2 Å². The van der Waals surface area contributed by atoms with Crippen molar-refractivity contribution < 1.29 is 5.11 Å². The van der Waals surface area contributed by atoms with Gasteiger partial charge in [0.15, 0.2) is 0 Å². The Balaban J connectivity index is 2.20. The van der Waals surface area contributed by atoms with Gasteiger partial charge in [-0.2, -0.15) is 0 Å². The Morgan fingerprint density at radius 2 is 2.11 bits per heavy atom. The fraction of sp³-hybridized carbons (Fsp3) is 0.571. The van der Waals surface area contributed by atoms with Gasteiger partial charge >= 0.3 is 0 Å². The molecule has 1 aromatic carbocycles. The van der Waals surface area contributed by atoms with Gasteiger partial charge in [0.05, 0.1) is 28.5 Å². The number of nitrogens with two attached hydrogens (primary N) is 1. The molecule has 0 heterocycles. The van der Waals surface area contributed by atoms with Crippen molar-refractivity contribution in [1.29, 1.82) is 0 Å². The van der Waals surface area contributed by atoms with Crippen molar-refractivity contribution in [2.75, 3.05) is 17.7 Å². The molecule has 4 heteroatoms. The minimum atomic E-state index is -0.272. The van der Waals surface area contributed by atoms with E-state index in [1.807, 2.05) is 18.2 Å². The number of hydrogen-bond acceptors (Lipinski definition) is 3. The third kappa shape index (κ3) is 2.73. The van der Waals surface area contributed by atoms with E-state index in [4.69, 9.17) is 17.3 Å². The lowest BCUT2D eigenvalue weighted by atomic mass is 9.77. The summed E-state index contributed by atoms with van der Waals surface area (Å²) in [4.78, 5) is 0. The van der Waals surface area contributed by atoms with Gasteiger partial charge in [-0.25, -0.2) is 0 Å². The predicted octanol–water partition coefficient (Wildman–Crippen LogP) is 3.28. The molecule has 0 saturated heterocycles. The van der Waals surface area contributed by atoms with E-state index >= 15 is 0 Å². The molecule has 0 bridgehead atoms. The van der Waals surface area contributed by atoms with Crippen LogP contribution in [0.25, 0.3) is 0 Å². The van der Waals surface area contributed by atoms with Gasteiger partial charge in [0.1, 0.15) is 0 Å². The summed E-state index contributed by atoms with van der Waals surface area (Å²) < 4.78 is 0. The fourth-order valence-electron chi connectivity index (χ4n) is 2.58. The minimum absolute atomic E-state index is 0.115. The molecule has 3 nitrogen and oxygen atoms in total. The summed E-state index contributed by atoms with van der Waals surface area (Å²) in [6, 6.07) is 5.47. The van der Waals surface area contributed by atoms with Crippen molar-refractivity contribution in [1.82, 2.24) is 0 Å². The highest BCUT2D eigenvalue weighted by atomic mass is 35.5. The van der Waals surface area contributed by atoms with E-state index in [2.05, 4.69) is 12.2 Å². The van der Waals surface area contributed by atoms with Crippen LogP contribution in [0.1, 0.15) is 32.6 Å². The molecular weight excluding hydrogens is 248 g/mol. The van der Waals surface area contributed by atoms with E-state index in [-0.39, 0.29) is 12.1 Å². The Hall–Kier alpha value is -0.930. The highest BCUT2D eigenvalue weighted by molar-refractivity contribution is 6.33. The molecule has 1 aliphatic rings. The Kier molecular flexibility index (Phi) is 4.03. The number of aliphatic hydroxyl groups is 1. The van der Waals surface area contributed by atoms with Crippen LogP contribution < -0.4 is 11.1 Å². The van der Waals surface area contributed by atoms with Crippen LogP contribution in [0.5, 0.6) is 0 Å². The molecule has 0 aliphatic heterocycles. The second-order valence-corrected chi connectivity index (χ2v) is 5.86. The average Bonchev–Trinajstić information content (AvgIpc) is 2.37. The number of aliphatic hydroxyl groups excluding tert-OH is 1. The molecule has 0 radical (unpaired) electrons. The van der Waals surface area contributed by atoms with Gasteiger partial charge in [0, 0.05) is 0 Å². The number of hydrogen-bond donors (Lipinski definition) is 3. The van der Waals surface area contributed by atoms with E-state index in [1.165, 1.54) is 0 Å². The molecule has 1 aromatic rings. The van der Waals surface area contributed by atoms with Crippen LogP contribution in [0, 0.1) is 5.92 Å². The van der Waals surface area contributed by atoms with Gasteiger partial charge < -0.3 is 16.2 Å². The van der Waals surface area contributed by atoms with E-state index in [1.54, 1.807) is 0 Å². The van der Waals surface area contributed by atoms with Gasteiger partial charge in [-0.05, 0) is 43.7 Å². The van der Waals surface area contributed by atoms with Gasteiger partial charge in [-0.3, -0.25) is 0 Å². The molecule has 1 fully saturated rings. The summed E-state index contributed by atoms with van der Waals surface area (Å²) in [7, 11) is 0. The number of nitrogen functional groups attached to an aromatic ring is 1. The Morgan fingerprint density at radius 1 is 1.44 bits per heavy atom. The molecule has 0 aromatic heterocycles. The molecule has 0 atom stereocenters. The topological polar surface area (TPSA) is 58.3 Å². The second kappa shape index (κ2) is 5.37. The lowest BCUT2D eigenvalue weighted by Gasteiger charge is -2.40. The lowest BCUT2D eigenvalue weighted by Crippen LogP contribution is -2.45. The number of benzene rings is 1. The maximum Gasteiger partial charge on any atom is 0.0768 e. The SMILES string of the molecule is CC1CCC(CO)(Nc2c(N)cccc2Cl)CC1. The number of anilines is 2. The monoisotopic (exact) mass is 268 g/mol. The highest BCUT2D eigenvalue weighted by Crippen LogP contribution is 2.38. The van der Waals surface area contributed by atoms with E-state index in [0.29, 0.717) is 10.7 Å². The molecule has 0 spiro atoms. The molecule has 100 valence electrons. The zero-order valence-electron chi connectivity index (χ0n) is 10.7. The first kappa shape index (κ1) is 13.5. The summed E-state index contributed by atoms with van der Waals surface area (Å²) >= 11 is 6.17. The molecule has 0 unspecified atom stereocenters. The molecule has 4 N–H and O–H groups in total. The maximum absolute atomic E-state index is 9.72. The summed E-state index contributed by atoms with van der Waals surface area (Å²) in [5.41, 5.74) is 7.06. The zero-order chi connectivity index (χ0) is 13.2. The molecule has 1 aliphatic carbocycles. The smallest absolute Gasteiger partial charge is 0.0768 e. The van der Waals surface area contributed by atoms with Gasteiger partial charge in [-0.15, -0.1) is 0 Å². The van der Waals surface area contributed by atoms with Crippen LogP contribution in [-0.4, -0.2) is 17.3 Å². The standard InChI is InChI=1S/C14H21ClN2O/c1-10-5-7-14(9-18,8-6-10)17-13-11(15)3-2-4-12(13)16/h2-4,10,17-18H,5-9,16H2,1H3. The molecule has 2 rings (SSSR count). The van der Waals surface area contributed by atoms with Crippen LogP contribution in [0.2, 0.25) is 5.02 Å². The zero-order valence-corrected chi connectivity index (χ0v) is 11.5. The van der Waals surface area contributed by atoms with Crippen molar-refractivity contribution in [2.45, 2.75) is 38.1 Å². The number of halogens is 1.